The van der Waals surface area contributed by atoms with E-state index in [1.54, 1.807) is 24.5 Å². The molecule has 5 N–H and O–H groups in total. The van der Waals surface area contributed by atoms with Crippen LogP contribution in [0.4, 0.5) is 0 Å². The highest BCUT2D eigenvalue weighted by Gasteiger charge is 2.43. The van der Waals surface area contributed by atoms with Gasteiger partial charge in [0.25, 0.3) is 11.8 Å². The van der Waals surface area contributed by atoms with Gasteiger partial charge in [0.15, 0.2) is 11.8 Å². The van der Waals surface area contributed by atoms with Crippen molar-refractivity contribution in [3.63, 3.8) is 0 Å². The highest BCUT2D eigenvalue weighted by atomic mass is 16.6. The number of aliphatic hydroxyl groups is 1. The molecule has 0 aromatic carbocycles. The Bertz CT molecular complexity index is 1210. The molecule has 6 atom stereocenters. The number of aliphatic hydroxyl groups excluding tert-OH is 1. The zero-order chi connectivity index (χ0) is 28.1. The van der Waals surface area contributed by atoms with Crippen molar-refractivity contribution in [2.24, 2.45) is 11.8 Å². The summed E-state index contributed by atoms with van der Waals surface area (Å²) in [6.45, 7) is 3.33. The van der Waals surface area contributed by atoms with Gasteiger partial charge in [-0.3, -0.25) is 24.2 Å². The summed E-state index contributed by atoms with van der Waals surface area (Å²) in [6, 6.07) is 2.83. The Kier molecular flexibility index (Phi) is 8.72. The van der Waals surface area contributed by atoms with Crippen LogP contribution in [0.2, 0.25) is 0 Å². The number of rotatable bonds is 5. The number of hydrogen-bond acceptors (Lipinski definition) is 10. The molecule has 2 fully saturated rings. The van der Waals surface area contributed by atoms with Crippen molar-refractivity contribution in [3.8, 4) is 5.75 Å². The Morgan fingerprint density at radius 1 is 1.10 bits per heavy atom. The van der Waals surface area contributed by atoms with E-state index in [0.717, 1.165) is 0 Å². The Balaban J connectivity index is 1.67. The van der Waals surface area contributed by atoms with Crippen molar-refractivity contribution < 1.29 is 38.9 Å². The van der Waals surface area contributed by atoms with Crippen LogP contribution in [0, 0.1) is 11.8 Å². The fourth-order valence-electron chi connectivity index (χ4n) is 4.40. The summed E-state index contributed by atoms with van der Waals surface area (Å²) in [5.74, 6) is -4.98. The number of carbonyl (C=O) groups is 4. The molecule has 2 saturated heterocycles. The first-order chi connectivity index (χ1) is 18.7. The van der Waals surface area contributed by atoms with Crippen molar-refractivity contribution in [2.45, 2.75) is 50.6 Å². The van der Waals surface area contributed by atoms with E-state index in [1.807, 2.05) is 0 Å². The smallest absolute Gasteiger partial charge is 0.312 e. The van der Waals surface area contributed by atoms with E-state index in [4.69, 9.17) is 9.47 Å². The Labute approximate surface area is 224 Å². The molecular formula is C26H31N5O8. The van der Waals surface area contributed by atoms with Crippen molar-refractivity contribution in [2.75, 3.05) is 13.2 Å². The van der Waals surface area contributed by atoms with Gasteiger partial charge in [0, 0.05) is 18.6 Å². The second-order valence-corrected chi connectivity index (χ2v) is 9.73. The lowest BCUT2D eigenvalue weighted by Crippen LogP contribution is -2.63. The number of esters is 1. The number of aromatic nitrogens is 2. The van der Waals surface area contributed by atoms with Gasteiger partial charge in [0.2, 0.25) is 5.91 Å². The average molecular weight is 542 g/mol. The summed E-state index contributed by atoms with van der Waals surface area (Å²) in [5.41, 5.74) is 0.369. The Hall–Kier alpha value is -4.10. The Morgan fingerprint density at radius 2 is 1.85 bits per heavy atom. The normalized spacial score (nSPS) is 28.5. The molecule has 2 aromatic heterocycles. The molecule has 0 spiro atoms. The highest BCUT2D eigenvalue weighted by Crippen LogP contribution is 2.22. The molecular weight excluding hydrogens is 510 g/mol. The zero-order valence-electron chi connectivity index (χ0n) is 21.4. The molecule has 2 aliphatic heterocycles. The summed E-state index contributed by atoms with van der Waals surface area (Å²) < 4.78 is 10.7. The number of cyclic esters (lactones) is 1. The fourth-order valence-corrected chi connectivity index (χ4v) is 4.40. The van der Waals surface area contributed by atoms with Gasteiger partial charge in [-0.1, -0.05) is 6.07 Å². The van der Waals surface area contributed by atoms with Gasteiger partial charge >= 0.3 is 5.97 Å². The third-order valence-electron chi connectivity index (χ3n) is 6.84. The number of nitrogens with one attached hydrogen (secondary N) is 3. The number of aromatic hydroxyl groups is 1. The topological polar surface area (TPSA) is 189 Å². The van der Waals surface area contributed by atoms with Crippen LogP contribution in [0.5, 0.6) is 5.75 Å². The van der Waals surface area contributed by atoms with E-state index < -0.39 is 71.6 Å². The molecule has 2 aromatic rings. The van der Waals surface area contributed by atoms with E-state index in [2.05, 4.69) is 25.9 Å². The third-order valence-corrected chi connectivity index (χ3v) is 6.84. The lowest BCUT2D eigenvalue weighted by molar-refractivity contribution is -0.178. The zero-order valence-corrected chi connectivity index (χ0v) is 21.4. The summed E-state index contributed by atoms with van der Waals surface area (Å²) >= 11 is 0. The van der Waals surface area contributed by atoms with Crippen LogP contribution in [-0.4, -0.2) is 87.4 Å². The first-order valence-electron chi connectivity index (χ1n) is 12.6. The number of nitrogens with zero attached hydrogens (tertiary/aromatic N) is 2. The van der Waals surface area contributed by atoms with E-state index in [-0.39, 0.29) is 25.3 Å². The van der Waals surface area contributed by atoms with Crippen LogP contribution >= 0.6 is 0 Å². The number of amides is 3. The monoisotopic (exact) mass is 541 g/mol. The summed E-state index contributed by atoms with van der Waals surface area (Å²) in [4.78, 5) is 60.6. The predicted molar refractivity (Wildman–Crippen MR) is 134 cm³/mol. The number of hydrogen-bond donors (Lipinski definition) is 5. The van der Waals surface area contributed by atoms with Crippen LogP contribution in [0.3, 0.4) is 0 Å². The molecule has 0 radical (unpaired) electrons. The fraction of sp³-hybridized carbons (Fsp3) is 0.462. The minimum Gasteiger partial charge on any atom is -0.505 e. The maximum absolute atomic E-state index is 13.6. The van der Waals surface area contributed by atoms with Crippen LogP contribution in [-0.2, 0) is 30.3 Å². The molecule has 0 aliphatic carbocycles. The molecule has 4 heterocycles. The van der Waals surface area contributed by atoms with Gasteiger partial charge in [0.05, 0.1) is 43.2 Å². The second kappa shape index (κ2) is 12.2. The maximum Gasteiger partial charge on any atom is 0.312 e. The third kappa shape index (κ3) is 6.49. The standard InChI is InChI=1S/C26H31N5O8/c1-13-21(33)17(9-15-5-3-7-27-10-15)30-23(34)19(31-24(35)20-18(32)6-4-8-28-20)14(2)29-25(36)22(39-26(13)37)16-11-38-12-16/h3-8,10,13-14,16-17,19,21-22,32-33H,9,11-12H2,1-2H3,(H,29,36)(H,30,34)(H,31,35). The number of carbonyl (C=O) groups excluding carboxylic acids is 4. The van der Waals surface area contributed by atoms with Crippen molar-refractivity contribution in [1.82, 2.24) is 25.9 Å². The molecule has 208 valence electrons. The highest BCUT2D eigenvalue weighted by molar-refractivity contribution is 5.98. The van der Waals surface area contributed by atoms with Gasteiger partial charge in [-0.2, -0.15) is 0 Å². The Morgan fingerprint density at radius 3 is 2.49 bits per heavy atom. The molecule has 2 aliphatic rings. The predicted octanol–water partition coefficient (Wildman–Crippen LogP) is -0.918. The molecule has 39 heavy (non-hydrogen) atoms. The number of pyridine rings is 2. The lowest BCUT2D eigenvalue weighted by Gasteiger charge is -2.36. The van der Waals surface area contributed by atoms with Crippen LogP contribution in [0.1, 0.15) is 29.9 Å². The summed E-state index contributed by atoms with van der Waals surface area (Å²) in [5, 5.41) is 29.2. The summed E-state index contributed by atoms with van der Waals surface area (Å²) in [6.07, 6.45) is 1.93. The first kappa shape index (κ1) is 27.9. The second-order valence-electron chi connectivity index (χ2n) is 9.73. The quantitative estimate of drug-likeness (QED) is 0.296. The van der Waals surface area contributed by atoms with E-state index >= 15 is 0 Å². The maximum atomic E-state index is 13.6. The largest absolute Gasteiger partial charge is 0.505 e. The van der Waals surface area contributed by atoms with Crippen LogP contribution in [0.25, 0.3) is 0 Å². The first-order valence-corrected chi connectivity index (χ1v) is 12.6. The van der Waals surface area contributed by atoms with E-state index in [9.17, 15) is 29.4 Å². The van der Waals surface area contributed by atoms with Gasteiger partial charge < -0.3 is 35.6 Å². The average Bonchev–Trinajstić information content (AvgIpc) is 2.89. The van der Waals surface area contributed by atoms with Crippen molar-refractivity contribution >= 4 is 23.7 Å². The molecule has 3 amide bonds. The summed E-state index contributed by atoms with van der Waals surface area (Å²) in [7, 11) is 0. The van der Waals surface area contributed by atoms with Crippen LogP contribution < -0.4 is 16.0 Å². The SMILES string of the molecule is CC1NC(=O)C(C2COC2)OC(=O)C(C)C(O)C(Cc2cccnc2)NC(=O)C1NC(=O)c1ncccc1O. The molecule has 13 nitrogen and oxygen atoms in total. The van der Waals surface area contributed by atoms with E-state index in [0.29, 0.717) is 5.56 Å². The van der Waals surface area contributed by atoms with Crippen LogP contribution in [0.15, 0.2) is 42.9 Å². The minimum atomic E-state index is -1.41. The van der Waals surface area contributed by atoms with Crippen molar-refractivity contribution in [1.29, 1.82) is 0 Å². The minimum absolute atomic E-state index is 0.112. The molecule has 4 rings (SSSR count). The van der Waals surface area contributed by atoms with Gasteiger partial charge in [0.1, 0.15) is 11.8 Å². The van der Waals surface area contributed by atoms with E-state index in [1.165, 1.54) is 32.2 Å². The molecule has 0 bridgehead atoms. The van der Waals surface area contributed by atoms with Gasteiger partial charge in [-0.05, 0) is 44.0 Å². The lowest BCUT2D eigenvalue weighted by atomic mass is 9.92. The van der Waals surface area contributed by atoms with Gasteiger partial charge in [-0.25, -0.2) is 4.98 Å². The van der Waals surface area contributed by atoms with Gasteiger partial charge in [-0.15, -0.1) is 0 Å². The number of ether oxygens (including phenoxy) is 2. The molecule has 0 saturated carbocycles. The molecule has 13 heteroatoms. The van der Waals surface area contributed by atoms with Crippen molar-refractivity contribution in [3.05, 3.63) is 54.1 Å². The molecule has 6 unspecified atom stereocenters.